The minimum Gasteiger partial charge on any atom is -0.493 e. The summed E-state index contributed by atoms with van der Waals surface area (Å²) in [6.45, 7) is 0.560. The summed E-state index contributed by atoms with van der Waals surface area (Å²) in [5.74, 6) is 2.44. The first kappa shape index (κ1) is 21.8. The lowest BCUT2D eigenvalue weighted by atomic mass is 9.86. The van der Waals surface area contributed by atoms with Crippen LogP contribution in [0.5, 0.6) is 23.0 Å². The average molecular weight is 501 g/mol. The second kappa shape index (κ2) is 8.40. The number of ether oxygens (including phenoxy) is 4. The van der Waals surface area contributed by atoms with E-state index in [4.69, 9.17) is 53.8 Å². The molecule has 0 saturated carbocycles. The van der Waals surface area contributed by atoms with E-state index in [9.17, 15) is 4.39 Å². The van der Waals surface area contributed by atoms with Crippen LogP contribution in [0.15, 0.2) is 24.3 Å². The van der Waals surface area contributed by atoms with Gasteiger partial charge in [-0.15, -0.1) is 0 Å². The van der Waals surface area contributed by atoms with Gasteiger partial charge in [0.05, 0.1) is 20.4 Å². The number of methoxy groups -OCH3 is 1. The van der Waals surface area contributed by atoms with Crippen molar-refractivity contribution in [2.24, 2.45) is 0 Å². The summed E-state index contributed by atoms with van der Waals surface area (Å²) in [7, 11) is 1.55. The Morgan fingerprint density at radius 1 is 1.19 bits per heavy atom. The highest BCUT2D eigenvalue weighted by atomic mass is 35.6. The normalized spacial score (nSPS) is 18.5. The lowest BCUT2D eigenvalue weighted by molar-refractivity contribution is 0.174. The standard InChI is InChI=1S/C23H21Cl3FNO4/c1-29-17-4-3-14-9-16-15-11-19-18(31-12-32-19)10-13(15)5-7-28(16)22(23(24,25)26)20(14)21(17)30-8-2-6-27/h3-4,9-11,22H,2,5-8,12H2,1H3/t22-/m0/s1. The van der Waals surface area contributed by atoms with Crippen LogP contribution in [0.4, 0.5) is 4.39 Å². The molecule has 1 atom stereocenters. The summed E-state index contributed by atoms with van der Waals surface area (Å²) in [6, 6.07) is 7.12. The van der Waals surface area contributed by atoms with Crippen molar-refractivity contribution in [3.05, 3.63) is 46.5 Å². The van der Waals surface area contributed by atoms with Crippen molar-refractivity contribution in [2.75, 3.05) is 33.7 Å². The highest BCUT2D eigenvalue weighted by Crippen LogP contribution is 2.56. The third-order valence-electron chi connectivity index (χ3n) is 5.93. The fraction of sp³-hybridized carbons (Fsp3) is 0.391. The molecule has 2 aromatic carbocycles. The summed E-state index contributed by atoms with van der Waals surface area (Å²) in [5.41, 5.74) is 4.68. The molecule has 0 aliphatic carbocycles. The van der Waals surface area contributed by atoms with E-state index in [-0.39, 0.29) is 19.8 Å². The lowest BCUT2D eigenvalue weighted by Crippen LogP contribution is -2.41. The number of rotatable bonds is 5. The molecule has 0 unspecified atom stereocenters. The van der Waals surface area contributed by atoms with Crippen LogP contribution in [0, 0.1) is 0 Å². The van der Waals surface area contributed by atoms with Crippen molar-refractivity contribution < 1.29 is 23.3 Å². The number of nitrogens with zero attached hydrogens (tertiary/aromatic N) is 1. The van der Waals surface area contributed by atoms with Gasteiger partial charge in [-0.3, -0.25) is 4.39 Å². The molecule has 32 heavy (non-hydrogen) atoms. The molecule has 5 nitrogen and oxygen atoms in total. The van der Waals surface area contributed by atoms with Gasteiger partial charge >= 0.3 is 0 Å². The van der Waals surface area contributed by atoms with Gasteiger partial charge in [-0.05, 0) is 41.8 Å². The summed E-state index contributed by atoms with van der Waals surface area (Å²) in [4.78, 5) is 2.08. The molecule has 3 aliphatic rings. The predicted molar refractivity (Wildman–Crippen MR) is 123 cm³/mol. The van der Waals surface area contributed by atoms with Gasteiger partial charge in [-0.1, -0.05) is 40.9 Å². The molecule has 0 spiro atoms. The van der Waals surface area contributed by atoms with Crippen LogP contribution in [0.1, 0.15) is 34.7 Å². The first-order valence-corrected chi connectivity index (χ1v) is 11.4. The fourth-order valence-electron chi connectivity index (χ4n) is 4.56. The van der Waals surface area contributed by atoms with E-state index < -0.39 is 16.5 Å². The van der Waals surface area contributed by atoms with Gasteiger partial charge in [-0.2, -0.15) is 0 Å². The van der Waals surface area contributed by atoms with Crippen LogP contribution in [-0.4, -0.2) is 42.4 Å². The number of hydrogen-bond acceptors (Lipinski definition) is 5. The maximum Gasteiger partial charge on any atom is 0.231 e. The smallest absolute Gasteiger partial charge is 0.231 e. The Morgan fingerprint density at radius 3 is 2.69 bits per heavy atom. The lowest BCUT2D eigenvalue weighted by Gasteiger charge is -2.45. The largest absolute Gasteiger partial charge is 0.493 e. The Labute approximate surface area is 200 Å². The number of hydrogen-bond donors (Lipinski definition) is 0. The Kier molecular flexibility index (Phi) is 5.72. The molecule has 9 heteroatoms. The van der Waals surface area contributed by atoms with Gasteiger partial charge in [0.15, 0.2) is 23.0 Å². The molecule has 0 aromatic heterocycles. The zero-order valence-electron chi connectivity index (χ0n) is 17.3. The van der Waals surface area contributed by atoms with E-state index in [2.05, 4.69) is 11.0 Å². The topological polar surface area (TPSA) is 40.2 Å². The van der Waals surface area contributed by atoms with Crippen LogP contribution >= 0.6 is 34.8 Å². The second-order valence-electron chi connectivity index (χ2n) is 7.77. The van der Waals surface area contributed by atoms with E-state index in [0.29, 0.717) is 23.8 Å². The van der Waals surface area contributed by atoms with E-state index in [1.807, 2.05) is 24.3 Å². The Bertz CT molecular complexity index is 1090. The van der Waals surface area contributed by atoms with E-state index >= 15 is 0 Å². The number of halogens is 4. The molecular weight excluding hydrogens is 480 g/mol. The molecule has 0 saturated heterocycles. The quantitative estimate of drug-likeness (QED) is 0.375. The maximum atomic E-state index is 12.7. The molecule has 0 bridgehead atoms. The van der Waals surface area contributed by atoms with Crippen LogP contribution in [0.25, 0.3) is 11.8 Å². The van der Waals surface area contributed by atoms with Gasteiger partial charge in [0.2, 0.25) is 10.6 Å². The highest BCUT2D eigenvalue weighted by molar-refractivity contribution is 6.68. The Morgan fingerprint density at radius 2 is 1.97 bits per heavy atom. The molecule has 2 aromatic rings. The van der Waals surface area contributed by atoms with Crippen molar-refractivity contribution in [1.82, 2.24) is 4.90 Å². The molecule has 0 N–H and O–H groups in total. The van der Waals surface area contributed by atoms with Crippen LogP contribution in [0.2, 0.25) is 0 Å². The Balaban J connectivity index is 1.69. The summed E-state index contributed by atoms with van der Waals surface area (Å²) in [6.07, 6.45) is 3.07. The minimum atomic E-state index is -1.66. The third kappa shape index (κ3) is 3.62. The van der Waals surface area contributed by atoms with E-state index in [1.165, 1.54) is 0 Å². The summed E-state index contributed by atoms with van der Waals surface area (Å²) in [5, 5.41) is 0. The molecular formula is C23H21Cl3FNO4. The van der Waals surface area contributed by atoms with Crippen LogP contribution in [0.3, 0.4) is 0 Å². The van der Waals surface area contributed by atoms with Crippen molar-refractivity contribution >= 4 is 46.6 Å². The number of benzene rings is 2. The second-order valence-corrected chi connectivity index (χ2v) is 10.1. The van der Waals surface area contributed by atoms with Gasteiger partial charge in [0.25, 0.3) is 0 Å². The predicted octanol–water partition coefficient (Wildman–Crippen LogP) is 5.94. The van der Waals surface area contributed by atoms with Crippen LogP contribution < -0.4 is 18.9 Å². The third-order valence-corrected chi connectivity index (χ3v) is 6.55. The summed E-state index contributed by atoms with van der Waals surface area (Å²) < 4.78 is 33.7. The van der Waals surface area contributed by atoms with Crippen molar-refractivity contribution in [3.63, 3.8) is 0 Å². The molecule has 3 aliphatic heterocycles. The van der Waals surface area contributed by atoms with Gasteiger partial charge in [0.1, 0.15) is 6.04 Å². The zero-order valence-corrected chi connectivity index (χ0v) is 19.6. The first-order chi connectivity index (χ1) is 15.4. The fourth-order valence-corrected chi connectivity index (χ4v) is 5.24. The monoisotopic (exact) mass is 499 g/mol. The first-order valence-electron chi connectivity index (χ1n) is 10.3. The molecule has 3 heterocycles. The highest BCUT2D eigenvalue weighted by Gasteiger charge is 2.46. The van der Waals surface area contributed by atoms with Gasteiger partial charge in [-0.25, -0.2) is 0 Å². The molecule has 5 rings (SSSR count). The summed E-state index contributed by atoms with van der Waals surface area (Å²) >= 11 is 19.7. The zero-order chi connectivity index (χ0) is 22.5. The maximum absolute atomic E-state index is 12.7. The molecule has 170 valence electrons. The van der Waals surface area contributed by atoms with Crippen molar-refractivity contribution in [2.45, 2.75) is 22.7 Å². The van der Waals surface area contributed by atoms with Gasteiger partial charge < -0.3 is 23.8 Å². The molecule has 0 amide bonds. The molecule has 0 fully saturated rings. The van der Waals surface area contributed by atoms with Crippen molar-refractivity contribution in [1.29, 1.82) is 0 Å². The average Bonchev–Trinajstić information content (AvgIpc) is 3.23. The SMILES string of the molecule is COc1ccc2c(c1OCCCF)[C@@H](C(Cl)(Cl)Cl)N1CCc3cc4c(cc3C1=C2)OCO4. The van der Waals surface area contributed by atoms with E-state index in [0.717, 1.165) is 40.1 Å². The number of fused-ring (bicyclic) bond motifs is 5. The minimum absolute atomic E-state index is 0.193. The number of alkyl halides is 4. The van der Waals surface area contributed by atoms with Crippen LogP contribution in [-0.2, 0) is 6.42 Å². The Hall–Kier alpha value is -2.02. The van der Waals surface area contributed by atoms with Gasteiger partial charge in [0, 0.05) is 29.8 Å². The molecule has 0 radical (unpaired) electrons. The van der Waals surface area contributed by atoms with Crippen molar-refractivity contribution in [3.8, 4) is 23.0 Å². The van der Waals surface area contributed by atoms with E-state index in [1.54, 1.807) is 7.11 Å².